The second-order valence-corrected chi connectivity index (χ2v) is 31.7. The van der Waals surface area contributed by atoms with Crippen LogP contribution < -0.4 is 11.1 Å². The molecule has 2 saturated carbocycles. The van der Waals surface area contributed by atoms with E-state index in [1.807, 2.05) is 67.2 Å². The van der Waals surface area contributed by atoms with Crippen molar-refractivity contribution in [1.29, 1.82) is 0 Å². The molecule has 364 valence electrons. The van der Waals surface area contributed by atoms with Crippen molar-refractivity contribution in [1.82, 2.24) is 29.1 Å². The first-order chi connectivity index (χ1) is 31.8. The number of nitrogens with two attached hydrogens (primary N) is 1. The van der Waals surface area contributed by atoms with Crippen LogP contribution in [0.15, 0.2) is 61.2 Å². The Balaban J connectivity index is 0.000000222. The van der Waals surface area contributed by atoms with Crippen LogP contribution in [0.1, 0.15) is 49.7 Å². The van der Waals surface area contributed by atoms with Crippen LogP contribution in [0.4, 0.5) is 17.3 Å². The minimum absolute atomic E-state index is 0. The van der Waals surface area contributed by atoms with E-state index in [0.29, 0.717) is 30.8 Å². The molecular formula is C50H68Cl2N10O4Si2. The lowest BCUT2D eigenvalue weighted by Gasteiger charge is -2.17. The number of aryl methyl sites for hydroxylation is 2. The highest BCUT2D eigenvalue weighted by molar-refractivity contribution is 6.76. The number of rotatable bonds is 14. The second-order valence-electron chi connectivity index (χ2n) is 20.2. The Morgan fingerprint density at radius 2 is 1.22 bits per heavy atom. The van der Waals surface area contributed by atoms with E-state index in [4.69, 9.17) is 50.0 Å². The summed E-state index contributed by atoms with van der Waals surface area (Å²) in [4.78, 5) is 24.9. The average molecular weight is 1000 g/mol. The maximum absolute atomic E-state index is 10.2. The van der Waals surface area contributed by atoms with Gasteiger partial charge in [0.1, 0.15) is 13.5 Å². The van der Waals surface area contributed by atoms with E-state index < -0.39 is 16.1 Å². The molecule has 2 aliphatic rings. The topological polar surface area (TPSA) is 167 Å². The lowest BCUT2D eigenvalue weighted by molar-refractivity contribution is 0.0902. The van der Waals surface area contributed by atoms with Crippen LogP contribution in [0.3, 0.4) is 0 Å². The van der Waals surface area contributed by atoms with Gasteiger partial charge in [0.25, 0.3) is 0 Å². The van der Waals surface area contributed by atoms with Gasteiger partial charge in [-0.1, -0.05) is 63.5 Å². The van der Waals surface area contributed by atoms with Gasteiger partial charge in [0.2, 0.25) is 11.2 Å². The lowest BCUT2D eigenvalue weighted by atomic mass is 10.1. The second kappa shape index (κ2) is 24.2. The molecule has 5 N–H and O–H groups in total. The Morgan fingerprint density at radius 1 is 0.735 bits per heavy atom. The smallest absolute Gasteiger partial charge is 0.223 e. The van der Waals surface area contributed by atoms with Gasteiger partial charge < -0.3 is 39.9 Å². The Morgan fingerprint density at radius 3 is 1.65 bits per heavy atom. The average Bonchev–Trinajstić information content (AvgIpc) is 4.07. The summed E-state index contributed by atoms with van der Waals surface area (Å²) < 4.78 is 16.1. The zero-order chi connectivity index (χ0) is 48.5. The standard InChI is InChI=1S/C25H33N5O2Si.C20H23ClN4OSi.C5H11NO.ClH/c1-17-14-27-25(28-21-7-6-8-23(21)31)29-24(17)20-15-30(16-32-11-12-33(3,4)5)22-13-18(26-2)9-10-19(20)22;1-14-11-23-20(21)24-19(14)17-12-25(13-26-8-9-27(3,4)5)18-10-15(22-2)6-7-16(17)18;6-4-2-1-3-5(4)7;/h9-10,13-15,21,23,31H,6-8,11-12,16H2,1,3-5H3,(H,27,28,29);6-7,10-12H,8-9,13H2,1,3-5H3;4-5,7H,1-3,6H2;1H/t21-,23+;;4-,5+;/m0.0./s1. The third kappa shape index (κ3) is 14.6. The SMILES string of the molecule is Cl.N[C@H]1CCC[C@H]1O.[C-]#[N+]c1ccc2c(-c3nc(Cl)ncc3C)cn(COCC[Si](C)(C)C)c2c1.[C-]#[N+]c1ccc2c(-c3nc(N[C@H]4CCC[C@H]4O)ncc3C)cn(COCC[Si](C)(C)C)c2c1. The summed E-state index contributed by atoms with van der Waals surface area (Å²) in [6.45, 7) is 35.1. The molecule has 0 amide bonds. The van der Waals surface area contributed by atoms with Crippen molar-refractivity contribution >= 4 is 79.3 Å². The summed E-state index contributed by atoms with van der Waals surface area (Å²) in [6.07, 6.45) is 12.8. The highest BCUT2D eigenvalue weighted by Crippen LogP contribution is 2.36. The molecule has 2 fully saturated rings. The molecule has 2 aromatic carbocycles. The van der Waals surface area contributed by atoms with Crippen LogP contribution in [-0.4, -0.2) is 92.9 Å². The molecule has 6 aromatic rings. The molecule has 0 aliphatic heterocycles. The minimum atomic E-state index is -1.16. The number of aromatic nitrogens is 6. The molecule has 4 heterocycles. The van der Waals surface area contributed by atoms with Crippen molar-refractivity contribution in [2.75, 3.05) is 18.5 Å². The molecule has 2 aliphatic carbocycles. The van der Waals surface area contributed by atoms with E-state index in [2.05, 4.69) is 80.0 Å². The summed E-state index contributed by atoms with van der Waals surface area (Å²) in [7, 11) is -2.29. The maximum Gasteiger partial charge on any atom is 0.223 e. The van der Waals surface area contributed by atoms with Crippen molar-refractivity contribution in [3.05, 3.63) is 100 Å². The van der Waals surface area contributed by atoms with Crippen molar-refractivity contribution < 1.29 is 19.7 Å². The first-order valence-electron chi connectivity index (χ1n) is 23.2. The van der Waals surface area contributed by atoms with E-state index in [-0.39, 0.29) is 42.0 Å². The van der Waals surface area contributed by atoms with Crippen molar-refractivity contribution in [3.8, 4) is 22.5 Å². The van der Waals surface area contributed by atoms with Crippen LogP contribution >= 0.6 is 24.0 Å². The lowest BCUT2D eigenvalue weighted by Crippen LogP contribution is -2.28. The van der Waals surface area contributed by atoms with Crippen molar-refractivity contribution in [3.63, 3.8) is 0 Å². The normalized spacial score (nSPS) is 18.0. The fourth-order valence-corrected chi connectivity index (χ4v) is 9.74. The number of aliphatic hydroxyl groups excluding tert-OH is 2. The van der Waals surface area contributed by atoms with Crippen molar-refractivity contribution in [2.24, 2.45) is 5.73 Å². The van der Waals surface area contributed by atoms with Gasteiger partial charge in [-0.25, -0.2) is 29.6 Å². The van der Waals surface area contributed by atoms with E-state index in [1.165, 1.54) is 0 Å². The molecule has 18 heteroatoms. The van der Waals surface area contributed by atoms with Gasteiger partial charge in [-0.2, -0.15) is 0 Å². The third-order valence-electron chi connectivity index (χ3n) is 12.2. The molecule has 8 rings (SSSR count). The zero-order valence-electron chi connectivity index (χ0n) is 40.7. The van der Waals surface area contributed by atoms with E-state index in [1.54, 1.807) is 6.20 Å². The predicted molar refractivity (Wildman–Crippen MR) is 283 cm³/mol. The molecule has 14 nitrogen and oxygen atoms in total. The van der Waals surface area contributed by atoms with Crippen LogP contribution in [0.2, 0.25) is 56.7 Å². The Hall–Kier alpha value is -4.73. The number of hydrogen-bond acceptors (Lipinski definition) is 10. The first kappa shape index (κ1) is 54.2. The summed E-state index contributed by atoms with van der Waals surface area (Å²) in [5, 5.41) is 24.6. The van der Waals surface area contributed by atoms with Gasteiger partial charge >= 0.3 is 0 Å². The predicted octanol–water partition coefficient (Wildman–Crippen LogP) is 11.8. The van der Waals surface area contributed by atoms with Gasteiger partial charge in [0.15, 0.2) is 11.4 Å². The first-order valence-corrected chi connectivity index (χ1v) is 31.0. The van der Waals surface area contributed by atoms with E-state index >= 15 is 0 Å². The highest BCUT2D eigenvalue weighted by atomic mass is 35.5. The highest BCUT2D eigenvalue weighted by Gasteiger charge is 2.26. The Labute approximate surface area is 414 Å². The quantitative estimate of drug-likeness (QED) is 0.0357. The van der Waals surface area contributed by atoms with Gasteiger partial charge in [-0.05, 0) is 99.3 Å². The molecular weight excluding hydrogens is 932 g/mol. The van der Waals surface area contributed by atoms with Crippen LogP contribution in [-0.2, 0) is 22.9 Å². The van der Waals surface area contributed by atoms with Gasteiger partial charge in [0.05, 0.1) is 42.8 Å². The summed E-state index contributed by atoms with van der Waals surface area (Å²) >= 11 is 6.03. The molecule has 0 radical (unpaired) electrons. The molecule has 0 bridgehead atoms. The van der Waals surface area contributed by atoms with Gasteiger partial charge in [0, 0.05) is 93.1 Å². The number of halogens is 2. The third-order valence-corrected chi connectivity index (χ3v) is 15.8. The Bertz CT molecular complexity index is 2710. The molecule has 4 aromatic heterocycles. The molecule has 68 heavy (non-hydrogen) atoms. The Kier molecular flexibility index (Phi) is 19.3. The van der Waals surface area contributed by atoms with Crippen molar-refractivity contribution in [2.45, 2.75) is 141 Å². The number of benzene rings is 2. The van der Waals surface area contributed by atoms with E-state index in [9.17, 15) is 5.11 Å². The minimum Gasteiger partial charge on any atom is -0.392 e. The fraction of sp³-hybridized carbons (Fsp3) is 0.480. The molecule has 0 saturated heterocycles. The number of nitrogens with one attached hydrogen (secondary N) is 1. The fourth-order valence-electron chi connectivity index (χ4n) is 8.09. The number of aliphatic hydroxyl groups is 2. The largest absolute Gasteiger partial charge is 0.392 e. The summed E-state index contributed by atoms with van der Waals surface area (Å²) in [5.74, 6) is 0.534. The van der Waals surface area contributed by atoms with Crippen LogP contribution in [0, 0.1) is 27.0 Å². The van der Waals surface area contributed by atoms with Crippen LogP contribution in [0.5, 0.6) is 0 Å². The zero-order valence-corrected chi connectivity index (χ0v) is 44.3. The number of nitrogens with zero attached hydrogens (tertiary/aromatic N) is 8. The molecule has 4 atom stereocenters. The van der Waals surface area contributed by atoms with Crippen LogP contribution in [0.25, 0.3) is 54.0 Å². The summed E-state index contributed by atoms with van der Waals surface area (Å²) in [6, 6.07) is 13.7. The number of hydrogen-bond donors (Lipinski definition) is 4. The van der Waals surface area contributed by atoms with Gasteiger partial charge in [-0.3, -0.25) is 0 Å². The summed E-state index contributed by atoms with van der Waals surface area (Å²) in [5.41, 5.74) is 14.1. The number of anilines is 1. The van der Waals surface area contributed by atoms with E-state index in [0.717, 1.165) is 119 Å². The number of fused-ring (bicyclic) bond motifs is 2. The maximum atomic E-state index is 10.2. The molecule has 0 spiro atoms. The number of ether oxygens (including phenoxy) is 2. The molecule has 0 unspecified atom stereocenters. The monoisotopic (exact) mass is 998 g/mol. The van der Waals surface area contributed by atoms with Gasteiger partial charge in [-0.15, -0.1) is 12.4 Å².